The van der Waals surface area contributed by atoms with Crippen LogP contribution < -0.4 is 9.47 Å². The molecule has 0 saturated carbocycles. The van der Waals surface area contributed by atoms with Crippen LogP contribution in [-0.4, -0.2) is 70.2 Å². The summed E-state index contributed by atoms with van der Waals surface area (Å²) in [5.74, 6) is 1.53. The van der Waals surface area contributed by atoms with Crippen molar-refractivity contribution in [2.75, 3.05) is 46.5 Å². The summed E-state index contributed by atoms with van der Waals surface area (Å²) in [5.41, 5.74) is 0.943. The second kappa shape index (κ2) is 8.71. The van der Waals surface area contributed by atoms with Crippen LogP contribution in [0, 0.1) is 0 Å². The normalized spacial score (nSPS) is 20.0. The first-order valence-electron chi connectivity index (χ1n) is 9.76. The van der Waals surface area contributed by atoms with Crippen molar-refractivity contribution in [2.24, 2.45) is 0 Å². The SMILES string of the molecule is CN(Cc1cccc(S(=O)(=O)N2CCOCC2)c1)C[C@H]1COc2ccccc2O1. The fourth-order valence-electron chi connectivity index (χ4n) is 3.62. The van der Waals surface area contributed by atoms with Gasteiger partial charge in [0.1, 0.15) is 12.7 Å². The van der Waals surface area contributed by atoms with Gasteiger partial charge in [-0.05, 0) is 36.9 Å². The molecule has 2 heterocycles. The van der Waals surface area contributed by atoms with Crippen LogP contribution in [-0.2, 0) is 21.3 Å². The Morgan fingerprint density at radius 1 is 1.07 bits per heavy atom. The maximum Gasteiger partial charge on any atom is 0.243 e. The average Bonchev–Trinajstić information content (AvgIpc) is 2.74. The van der Waals surface area contributed by atoms with Crippen LogP contribution in [0.4, 0.5) is 0 Å². The van der Waals surface area contributed by atoms with Crippen LogP contribution >= 0.6 is 0 Å². The maximum absolute atomic E-state index is 12.9. The van der Waals surface area contributed by atoms with E-state index in [1.807, 2.05) is 37.4 Å². The van der Waals surface area contributed by atoms with Crippen molar-refractivity contribution in [1.29, 1.82) is 0 Å². The van der Waals surface area contributed by atoms with Crippen LogP contribution in [0.25, 0.3) is 0 Å². The van der Waals surface area contributed by atoms with Crippen molar-refractivity contribution in [3.63, 3.8) is 0 Å². The van der Waals surface area contributed by atoms with Gasteiger partial charge >= 0.3 is 0 Å². The highest BCUT2D eigenvalue weighted by molar-refractivity contribution is 7.89. The Balaban J connectivity index is 1.39. The van der Waals surface area contributed by atoms with Crippen LogP contribution in [0.3, 0.4) is 0 Å². The third kappa shape index (κ3) is 4.72. The molecule has 7 nitrogen and oxygen atoms in total. The number of sulfonamides is 1. The Hall–Kier alpha value is -2.13. The molecular formula is C21H26N2O5S. The lowest BCUT2D eigenvalue weighted by Crippen LogP contribution is -2.40. The summed E-state index contributed by atoms with van der Waals surface area (Å²) in [6.07, 6.45) is -0.0739. The molecule has 0 N–H and O–H groups in total. The molecule has 0 bridgehead atoms. The lowest BCUT2D eigenvalue weighted by molar-refractivity contribution is 0.0638. The van der Waals surface area contributed by atoms with Crippen LogP contribution in [0.2, 0.25) is 0 Å². The van der Waals surface area contributed by atoms with Gasteiger partial charge in [-0.1, -0.05) is 24.3 Å². The van der Waals surface area contributed by atoms with Gasteiger partial charge in [0, 0.05) is 26.2 Å². The molecule has 156 valence electrons. The molecule has 2 aliphatic rings. The van der Waals surface area contributed by atoms with Gasteiger partial charge < -0.3 is 14.2 Å². The van der Waals surface area contributed by atoms with E-state index in [0.717, 1.165) is 17.1 Å². The molecule has 2 aliphatic heterocycles. The topological polar surface area (TPSA) is 68.3 Å². The fraction of sp³-hybridized carbons (Fsp3) is 0.429. The highest BCUT2D eigenvalue weighted by atomic mass is 32.2. The zero-order valence-corrected chi connectivity index (χ0v) is 17.3. The van der Waals surface area contributed by atoms with E-state index in [0.29, 0.717) is 50.9 Å². The molecule has 2 aromatic carbocycles. The maximum atomic E-state index is 12.9. The molecule has 0 aromatic heterocycles. The Morgan fingerprint density at radius 3 is 2.62 bits per heavy atom. The molecule has 0 aliphatic carbocycles. The lowest BCUT2D eigenvalue weighted by atomic mass is 10.2. The Bertz CT molecular complexity index is 944. The summed E-state index contributed by atoms with van der Waals surface area (Å²) in [6.45, 7) is 3.46. The second-order valence-corrected chi connectivity index (χ2v) is 9.30. The predicted molar refractivity (Wildman–Crippen MR) is 109 cm³/mol. The highest BCUT2D eigenvalue weighted by Crippen LogP contribution is 2.31. The number of benzene rings is 2. The first-order valence-corrected chi connectivity index (χ1v) is 11.2. The Morgan fingerprint density at radius 2 is 1.83 bits per heavy atom. The summed E-state index contributed by atoms with van der Waals surface area (Å²) in [6, 6.07) is 14.8. The first-order chi connectivity index (χ1) is 14.0. The van der Waals surface area contributed by atoms with Gasteiger partial charge in [-0.3, -0.25) is 4.90 Å². The molecule has 0 amide bonds. The van der Waals surface area contributed by atoms with E-state index in [2.05, 4.69) is 4.90 Å². The number of hydrogen-bond donors (Lipinski definition) is 0. The second-order valence-electron chi connectivity index (χ2n) is 7.36. The Kier molecular flexibility index (Phi) is 6.05. The number of morpholine rings is 1. The quantitative estimate of drug-likeness (QED) is 0.715. The standard InChI is InChI=1S/C21H26N2O5S/c1-22(15-18-16-27-20-7-2-3-8-21(20)28-18)14-17-5-4-6-19(13-17)29(24,25)23-9-11-26-12-10-23/h2-8,13,18H,9-12,14-16H2,1H3/t18-/m0/s1. The molecule has 4 rings (SSSR count). The molecular weight excluding hydrogens is 392 g/mol. The summed E-state index contributed by atoms with van der Waals surface area (Å²) in [4.78, 5) is 2.44. The van der Waals surface area contributed by atoms with Crippen molar-refractivity contribution < 1.29 is 22.6 Å². The van der Waals surface area contributed by atoms with Gasteiger partial charge in [0.15, 0.2) is 11.5 Å². The monoisotopic (exact) mass is 418 g/mol. The van der Waals surface area contributed by atoms with E-state index in [1.54, 1.807) is 18.2 Å². The molecule has 0 unspecified atom stereocenters. The summed E-state index contributed by atoms with van der Waals surface area (Å²) in [7, 11) is -1.50. The molecule has 1 fully saturated rings. The van der Waals surface area contributed by atoms with E-state index in [-0.39, 0.29) is 6.10 Å². The molecule has 2 aromatic rings. The van der Waals surface area contributed by atoms with Crippen LogP contribution in [0.1, 0.15) is 5.56 Å². The van der Waals surface area contributed by atoms with Crippen molar-refractivity contribution in [3.8, 4) is 11.5 Å². The minimum atomic E-state index is -3.49. The molecule has 29 heavy (non-hydrogen) atoms. The predicted octanol–water partition coefficient (Wildman–Crippen LogP) is 1.98. The number of likely N-dealkylation sites (N-methyl/N-ethyl adjacent to an activating group) is 1. The molecule has 8 heteroatoms. The van der Waals surface area contributed by atoms with E-state index in [9.17, 15) is 8.42 Å². The van der Waals surface area contributed by atoms with Gasteiger partial charge in [-0.15, -0.1) is 0 Å². The Labute approximate surface area is 171 Å². The summed E-state index contributed by atoms with van der Waals surface area (Å²) in [5, 5.41) is 0. The van der Waals surface area contributed by atoms with Gasteiger partial charge in [0.05, 0.1) is 18.1 Å². The van der Waals surface area contributed by atoms with Crippen molar-refractivity contribution >= 4 is 10.0 Å². The number of hydrogen-bond acceptors (Lipinski definition) is 6. The minimum Gasteiger partial charge on any atom is -0.486 e. The van der Waals surface area contributed by atoms with Crippen molar-refractivity contribution in [1.82, 2.24) is 9.21 Å². The van der Waals surface area contributed by atoms with Gasteiger partial charge in [-0.2, -0.15) is 4.31 Å². The van der Waals surface area contributed by atoms with E-state index >= 15 is 0 Å². The number of para-hydroxylation sites is 2. The molecule has 0 spiro atoms. The summed E-state index contributed by atoms with van der Waals surface area (Å²) >= 11 is 0. The fourth-order valence-corrected chi connectivity index (χ4v) is 5.10. The first kappa shape index (κ1) is 20.2. The molecule has 1 atom stereocenters. The summed E-state index contributed by atoms with van der Waals surface area (Å²) < 4.78 is 44.3. The lowest BCUT2D eigenvalue weighted by Gasteiger charge is -2.29. The zero-order chi connectivity index (χ0) is 20.3. The van der Waals surface area contributed by atoms with E-state index in [4.69, 9.17) is 14.2 Å². The largest absolute Gasteiger partial charge is 0.486 e. The third-order valence-electron chi connectivity index (χ3n) is 5.04. The highest BCUT2D eigenvalue weighted by Gasteiger charge is 2.27. The van der Waals surface area contributed by atoms with Crippen LogP contribution in [0.15, 0.2) is 53.4 Å². The number of nitrogens with zero attached hydrogens (tertiary/aromatic N) is 2. The van der Waals surface area contributed by atoms with E-state index < -0.39 is 10.0 Å². The van der Waals surface area contributed by atoms with Gasteiger partial charge in [0.2, 0.25) is 10.0 Å². The van der Waals surface area contributed by atoms with Gasteiger partial charge in [0.25, 0.3) is 0 Å². The number of ether oxygens (including phenoxy) is 3. The minimum absolute atomic E-state index is 0.0739. The van der Waals surface area contributed by atoms with Crippen LogP contribution in [0.5, 0.6) is 11.5 Å². The smallest absolute Gasteiger partial charge is 0.243 e. The average molecular weight is 419 g/mol. The third-order valence-corrected chi connectivity index (χ3v) is 6.94. The van der Waals surface area contributed by atoms with Gasteiger partial charge in [-0.25, -0.2) is 8.42 Å². The zero-order valence-electron chi connectivity index (χ0n) is 16.5. The van der Waals surface area contributed by atoms with E-state index in [1.165, 1.54) is 4.31 Å². The van der Waals surface area contributed by atoms with Crippen molar-refractivity contribution in [3.05, 3.63) is 54.1 Å². The molecule has 0 radical (unpaired) electrons. The number of rotatable bonds is 6. The van der Waals surface area contributed by atoms with Crippen molar-refractivity contribution in [2.45, 2.75) is 17.5 Å². The number of fused-ring (bicyclic) bond motifs is 1. The molecule has 1 saturated heterocycles.